The summed E-state index contributed by atoms with van der Waals surface area (Å²) in [5.41, 5.74) is 1.23. The highest BCUT2D eigenvalue weighted by molar-refractivity contribution is 6.36. The molecule has 0 bridgehead atoms. The predicted octanol–water partition coefficient (Wildman–Crippen LogP) is 5.09. The summed E-state index contributed by atoms with van der Waals surface area (Å²) in [6.07, 6.45) is 0.376. The van der Waals surface area contributed by atoms with Gasteiger partial charge >= 0.3 is 5.97 Å². The third-order valence-corrected chi connectivity index (χ3v) is 4.73. The lowest BCUT2D eigenvalue weighted by Crippen LogP contribution is -2.23. The van der Waals surface area contributed by atoms with E-state index in [0.29, 0.717) is 22.9 Å². The molecule has 0 radical (unpaired) electrons. The van der Waals surface area contributed by atoms with Crippen molar-refractivity contribution in [3.05, 3.63) is 63.8 Å². The number of halogens is 2. The van der Waals surface area contributed by atoms with Crippen LogP contribution in [0.3, 0.4) is 0 Å². The molecule has 1 heterocycles. The Hall–Kier alpha value is -3.23. The molecule has 10 heteroatoms. The Labute approximate surface area is 188 Å². The molecule has 162 valence electrons. The maximum absolute atomic E-state index is 11.1. The molecule has 3 rings (SSSR count). The smallest absolute Gasteiger partial charge is 0.344 e. The Morgan fingerprint density at radius 2 is 1.87 bits per heavy atom. The van der Waals surface area contributed by atoms with Crippen molar-refractivity contribution in [1.29, 1.82) is 0 Å². The lowest BCUT2D eigenvalue weighted by Gasteiger charge is -2.15. The molecule has 0 aliphatic carbocycles. The van der Waals surface area contributed by atoms with Crippen LogP contribution in [0.5, 0.6) is 23.1 Å². The lowest BCUT2D eigenvalue weighted by molar-refractivity contribution is -0.144. The van der Waals surface area contributed by atoms with Crippen LogP contribution in [0, 0.1) is 6.92 Å². The van der Waals surface area contributed by atoms with Gasteiger partial charge in [-0.05, 0) is 32.0 Å². The van der Waals surface area contributed by atoms with Gasteiger partial charge in [0.1, 0.15) is 5.75 Å². The molecule has 0 saturated heterocycles. The highest BCUT2D eigenvalue weighted by Crippen LogP contribution is 2.39. The van der Waals surface area contributed by atoms with Crippen LogP contribution in [0.4, 0.5) is 0 Å². The van der Waals surface area contributed by atoms with Crippen LogP contribution in [0.2, 0.25) is 10.0 Å². The van der Waals surface area contributed by atoms with E-state index in [1.807, 2.05) is 18.2 Å². The van der Waals surface area contributed by atoms with Crippen molar-refractivity contribution in [1.82, 2.24) is 9.78 Å². The maximum atomic E-state index is 11.1. The van der Waals surface area contributed by atoms with Gasteiger partial charge < -0.3 is 19.4 Å². The molecule has 0 aliphatic rings. The van der Waals surface area contributed by atoms with Gasteiger partial charge in [0, 0.05) is 13.1 Å². The number of benzene rings is 2. The Morgan fingerprint density at radius 3 is 2.55 bits per heavy atom. The minimum atomic E-state index is -1.13. The van der Waals surface area contributed by atoms with Gasteiger partial charge in [0.05, 0.1) is 27.5 Å². The van der Waals surface area contributed by atoms with Gasteiger partial charge in [-0.3, -0.25) is 0 Å². The molecule has 0 unspecified atom stereocenters. The van der Waals surface area contributed by atoms with E-state index < -0.39 is 12.1 Å². The second-order valence-corrected chi connectivity index (χ2v) is 7.29. The van der Waals surface area contributed by atoms with Crippen molar-refractivity contribution in [3.8, 4) is 23.1 Å². The quantitative estimate of drug-likeness (QED) is 0.369. The van der Waals surface area contributed by atoms with Crippen LogP contribution in [0.15, 0.2) is 47.6 Å². The van der Waals surface area contributed by atoms with Crippen LogP contribution >= 0.6 is 23.2 Å². The van der Waals surface area contributed by atoms with Gasteiger partial charge in [0.15, 0.2) is 17.6 Å². The van der Waals surface area contributed by atoms with Crippen molar-refractivity contribution in [2.45, 2.75) is 20.0 Å². The zero-order valence-corrected chi connectivity index (χ0v) is 18.4. The first-order chi connectivity index (χ1) is 14.8. The average molecular weight is 464 g/mol. The average Bonchev–Trinajstić information content (AvgIpc) is 2.99. The number of aliphatic carboxylic acids is 1. The standard InChI is InChI=1S/C21H19Cl2N3O5/c1-12-15(11-24-31-14-7-5-4-6-8-14)20(26(3)25-12)30-19-10-18(16(22)9-17(19)23)29-13(2)21(27)28/h4-11,13H,1-3H3,(H,27,28)/b24-11+/t13-/m0/s1. The zero-order chi connectivity index (χ0) is 22.5. The lowest BCUT2D eigenvalue weighted by atomic mass is 10.2. The number of carboxylic acid groups (broad SMARTS) is 1. The minimum Gasteiger partial charge on any atom is -0.479 e. The molecule has 0 amide bonds. The number of rotatable bonds is 8. The zero-order valence-electron chi connectivity index (χ0n) is 16.9. The molecule has 1 N–H and O–H groups in total. The van der Waals surface area contributed by atoms with Crippen LogP contribution in [-0.2, 0) is 11.8 Å². The number of aromatic nitrogens is 2. The number of hydrogen-bond donors (Lipinski definition) is 1. The molecule has 0 aliphatic heterocycles. The van der Waals surface area contributed by atoms with E-state index in [0.717, 1.165) is 0 Å². The van der Waals surface area contributed by atoms with Gasteiger partial charge in [-0.15, -0.1) is 0 Å². The van der Waals surface area contributed by atoms with Crippen molar-refractivity contribution < 1.29 is 24.2 Å². The molecule has 0 saturated carbocycles. The topological polar surface area (TPSA) is 95.2 Å². The van der Waals surface area contributed by atoms with E-state index >= 15 is 0 Å². The summed E-state index contributed by atoms with van der Waals surface area (Å²) >= 11 is 12.4. The van der Waals surface area contributed by atoms with Crippen LogP contribution in [-0.4, -0.2) is 33.2 Å². The first kappa shape index (κ1) is 22.5. The largest absolute Gasteiger partial charge is 0.479 e. The van der Waals surface area contributed by atoms with Crippen LogP contribution in [0.25, 0.3) is 0 Å². The number of carboxylic acids is 1. The molecule has 8 nitrogen and oxygen atoms in total. The summed E-state index contributed by atoms with van der Waals surface area (Å²) in [4.78, 5) is 16.5. The van der Waals surface area contributed by atoms with Crippen molar-refractivity contribution in [3.63, 3.8) is 0 Å². The third kappa shape index (κ3) is 5.48. The van der Waals surface area contributed by atoms with E-state index in [-0.39, 0.29) is 21.5 Å². The van der Waals surface area contributed by atoms with Gasteiger partial charge in [-0.25, -0.2) is 9.48 Å². The Morgan fingerprint density at radius 1 is 1.19 bits per heavy atom. The van der Waals surface area contributed by atoms with Crippen LogP contribution in [0.1, 0.15) is 18.2 Å². The molecule has 3 aromatic rings. The first-order valence-electron chi connectivity index (χ1n) is 9.11. The summed E-state index contributed by atoms with van der Waals surface area (Å²) in [6.45, 7) is 3.18. The number of ether oxygens (including phenoxy) is 2. The number of aryl methyl sites for hydroxylation is 2. The molecule has 0 spiro atoms. The molecule has 1 aromatic heterocycles. The van der Waals surface area contributed by atoms with Gasteiger partial charge in [-0.1, -0.05) is 46.6 Å². The highest BCUT2D eigenvalue weighted by atomic mass is 35.5. The predicted molar refractivity (Wildman–Crippen MR) is 117 cm³/mol. The molecular weight excluding hydrogens is 445 g/mol. The Balaban J connectivity index is 1.88. The fourth-order valence-corrected chi connectivity index (χ4v) is 3.03. The third-order valence-electron chi connectivity index (χ3n) is 4.14. The number of oxime groups is 1. The monoisotopic (exact) mass is 463 g/mol. The number of nitrogens with zero attached hydrogens (tertiary/aromatic N) is 3. The number of carbonyl (C=O) groups is 1. The van der Waals surface area contributed by atoms with E-state index in [2.05, 4.69) is 10.3 Å². The second-order valence-electron chi connectivity index (χ2n) is 6.48. The van der Waals surface area contributed by atoms with Crippen molar-refractivity contribution >= 4 is 35.4 Å². The summed E-state index contributed by atoms with van der Waals surface area (Å²) in [5, 5.41) is 17.8. The fourth-order valence-electron chi connectivity index (χ4n) is 2.57. The van der Waals surface area contributed by atoms with Crippen molar-refractivity contribution in [2.24, 2.45) is 12.2 Å². The normalized spacial score (nSPS) is 12.0. The molecule has 2 aromatic carbocycles. The first-order valence-corrected chi connectivity index (χ1v) is 9.87. The van der Waals surface area contributed by atoms with E-state index in [4.69, 9.17) is 42.6 Å². The second kappa shape index (κ2) is 9.72. The summed E-state index contributed by atoms with van der Waals surface area (Å²) in [6, 6.07) is 11.9. The molecule has 31 heavy (non-hydrogen) atoms. The Bertz CT molecular complexity index is 1120. The maximum Gasteiger partial charge on any atom is 0.344 e. The van der Waals surface area contributed by atoms with Gasteiger partial charge in [0.2, 0.25) is 5.88 Å². The summed E-state index contributed by atoms with van der Waals surface area (Å²) in [5.74, 6) is 0.127. The van der Waals surface area contributed by atoms with Crippen molar-refractivity contribution in [2.75, 3.05) is 0 Å². The number of para-hydroxylation sites is 1. The fraction of sp³-hybridized carbons (Fsp3) is 0.190. The number of hydrogen-bond acceptors (Lipinski definition) is 6. The highest BCUT2D eigenvalue weighted by Gasteiger charge is 2.20. The van der Waals surface area contributed by atoms with E-state index in [1.165, 1.54) is 30.0 Å². The summed E-state index contributed by atoms with van der Waals surface area (Å²) in [7, 11) is 1.70. The van der Waals surface area contributed by atoms with Gasteiger partial charge in [-0.2, -0.15) is 5.10 Å². The van der Waals surface area contributed by atoms with E-state index in [1.54, 1.807) is 26.1 Å². The SMILES string of the molecule is Cc1nn(C)c(Oc2cc(O[C@@H](C)C(=O)O)c(Cl)cc2Cl)c1/C=N/Oc1ccccc1. The minimum absolute atomic E-state index is 0.123. The summed E-state index contributed by atoms with van der Waals surface area (Å²) < 4.78 is 12.9. The molecule has 1 atom stereocenters. The Kier molecular flexibility index (Phi) is 7.04. The van der Waals surface area contributed by atoms with Gasteiger partial charge in [0.25, 0.3) is 0 Å². The van der Waals surface area contributed by atoms with E-state index in [9.17, 15) is 4.79 Å². The molecule has 0 fully saturated rings. The molecular formula is C21H19Cl2N3O5. The van der Waals surface area contributed by atoms with Crippen LogP contribution < -0.4 is 14.3 Å².